The van der Waals surface area contributed by atoms with Gasteiger partial charge >= 0.3 is 5.97 Å². The number of nitrogens with one attached hydrogen (secondary N) is 1. The second-order valence-electron chi connectivity index (χ2n) is 4.31. The summed E-state index contributed by atoms with van der Waals surface area (Å²) in [5.74, 6) is -1.10. The summed E-state index contributed by atoms with van der Waals surface area (Å²) in [6.45, 7) is 8.28. The molecule has 0 bridgehead atoms. The van der Waals surface area contributed by atoms with E-state index in [0.29, 0.717) is 18.7 Å². The number of rotatable bonds is 8. The van der Waals surface area contributed by atoms with Crippen LogP contribution in [0, 0.1) is 6.92 Å². The van der Waals surface area contributed by atoms with Gasteiger partial charge < -0.3 is 10.0 Å². The van der Waals surface area contributed by atoms with Crippen molar-refractivity contribution in [3.63, 3.8) is 0 Å². The van der Waals surface area contributed by atoms with Crippen molar-refractivity contribution in [1.82, 2.24) is 9.62 Å². The molecule has 0 amide bonds. The summed E-state index contributed by atoms with van der Waals surface area (Å²) >= 11 is 0.781. The molecular weight excluding hydrogens is 300 g/mol. The molecule has 0 saturated heterocycles. The lowest BCUT2D eigenvalue weighted by atomic mass is 10.3. The van der Waals surface area contributed by atoms with Gasteiger partial charge in [-0.2, -0.15) is 0 Å². The monoisotopic (exact) mass is 320 g/mol. The second-order valence-corrected chi connectivity index (χ2v) is 7.35. The summed E-state index contributed by atoms with van der Waals surface area (Å²) in [4.78, 5) is 13.1. The quantitative estimate of drug-likeness (QED) is 0.755. The number of carboxylic acid groups (broad SMARTS) is 1. The number of hydrogen-bond donors (Lipinski definition) is 2. The van der Waals surface area contributed by atoms with E-state index in [4.69, 9.17) is 5.11 Å². The minimum absolute atomic E-state index is 0.0481. The van der Waals surface area contributed by atoms with Crippen molar-refractivity contribution in [1.29, 1.82) is 0 Å². The number of thiophene rings is 1. The van der Waals surface area contributed by atoms with E-state index >= 15 is 0 Å². The zero-order chi connectivity index (χ0) is 15.3. The summed E-state index contributed by atoms with van der Waals surface area (Å²) in [7, 11) is -3.63. The average Bonchev–Trinajstić information content (AvgIpc) is 2.78. The Morgan fingerprint density at radius 3 is 2.45 bits per heavy atom. The molecule has 0 aliphatic rings. The third-order valence-electron chi connectivity index (χ3n) is 2.97. The summed E-state index contributed by atoms with van der Waals surface area (Å²) in [6, 6.07) is 1.40. The van der Waals surface area contributed by atoms with E-state index in [1.54, 1.807) is 6.92 Å². The normalized spacial score (nSPS) is 12.0. The summed E-state index contributed by atoms with van der Waals surface area (Å²) in [6.07, 6.45) is 0. The number of carbonyl (C=O) groups is 1. The maximum absolute atomic E-state index is 12.1. The van der Waals surface area contributed by atoms with Crippen LogP contribution in [0.4, 0.5) is 0 Å². The molecule has 2 N–H and O–H groups in total. The van der Waals surface area contributed by atoms with E-state index < -0.39 is 16.0 Å². The molecule has 114 valence electrons. The molecule has 0 spiro atoms. The van der Waals surface area contributed by atoms with Gasteiger partial charge in [0.05, 0.1) is 0 Å². The zero-order valence-corrected chi connectivity index (χ0v) is 13.5. The molecule has 6 nitrogen and oxygen atoms in total. The summed E-state index contributed by atoms with van der Waals surface area (Å²) in [5, 5.41) is 8.95. The van der Waals surface area contributed by atoms with Gasteiger partial charge in [0, 0.05) is 13.1 Å². The Kier molecular flexibility index (Phi) is 6.12. The Morgan fingerprint density at radius 1 is 1.40 bits per heavy atom. The van der Waals surface area contributed by atoms with Crippen molar-refractivity contribution in [2.75, 3.05) is 26.2 Å². The van der Waals surface area contributed by atoms with Gasteiger partial charge in [-0.05, 0) is 31.6 Å². The van der Waals surface area contributed by atoms with Gasteiger partial charge in [-0.25, -0.2) is 17.9 Å². The summed E-state index contributed by atoms with van der Waals surface area (Å²) < 4.78 is 26.7. The summed E-state index contributed by atoms with van der Waals surface area (Å²) in [5.41, 5.74) is 0.464. The van der Waals surface area contributed by atoms with Crippen molar-refractivity contribution in [3.05, 3.63) is 16.5 Å². The van der Waals surface area contributed by atoms with Crippen molar-refractivity contribution < 1.29 is 18.3 Å². The van der Waals surface area contributed by atoms with Crippen LogP contribution in [-0.4, -0.2) is 50.6 Å². The number of sulfonamides is 1. The molecule has 0 atom stereocenters. The van der Waals surface area contributed by atoms with Crippen molar-refractivity contribution >= 4 is 27.3 Å². The molecule has 0 saturated carbocycles. The molecule has 1 aromatic rings. The topological polar surface area (TPSA) is 86.7 Å². The Hall–Kier alpha value is -0.960. The molecule has 1 aromatic heterocycles. The molecule has 1 heterocycles. The molecule has 0 unspecified atom stereocenters. The van der Waals surface area contributed by atoms with Crippen LogP contribution in [0.5, 0.6) is 0 Å². The van der Waals surface area contributed by atoms with Crippen LogP contribution in [0.1, 0.15) is 29.1 Å². The van der Waals surface area contributed by atoms with Crippen LogP contribution in [0.2, 0.25) is 0 Å². The molecule has 20 heavy (non-hydrogen) atoms. The minimum Gasteiger partial charge on any atom is -0.477 e. The highest BCUT2D eigenvalue weighted by atomic mass is 32.2. The lowest BCUT2D eigenvalue weighted by molar-refractivity contribution is 0.0701. The first-order valence-corrected chi connectivity index (χ1v) is 8.67. The van der Waals surface area contributed by atoms with Crippen molar-refractivity contribution in [2.24, 2.45) is 0 Å². The number of likely N-dealkylation sites (N-methyl/N-ethyl adjacent to an activating group) is 1. The number of aromatic carboxylic acids is 1. The molecule has 0 fully saturated rings. The fraction of sp³-hybridized carbons (Fsp3) is 0.583. The van der Waals surface area contributed by atoms with Gasteiger partial charge in [0.1, 0.15) is 9.09 Å². The number of hydrogen-bond acceptors (Lipinski definition) is 5. The third-order valence-corrected chi connectivity index (χ3v) is 6.13. The van der Waals surface area contributed by atoms with Crippen LogP contribution < -0.4 is 4.72 Å². The highest BCUT2D eigenvalue weighted by Gasteiger charge is 2.21. The van der Waals surface area contributed by atoms with Crippen LogP contribution in [0.3, 0.4) is 0 Å². The number of nitrogens with zero attached hydrogens (tertiary/aromatic N) is 1. The second kappa shape index (κ2) is 7.16. The van der Waals surface area contributed by atoms with Crippen molar-refractivity contribution in [2.45, 2.75) is 25.0 Å². The van der Waals surface area contributed by atoms with Gasteiger partial charge in [0.15, 0.2) is 0 Å². The molecule has 0 aliphatic carbocycles. The SMILES string of the molecule is CCN(CC)CCNS(=O)(=O)c1cc(C)c(C(=O)O)s1. The van der Waals surface area contributed by atoms with E-state index in [1.165, 1.54) is 6.07 Å². The number of aryl methyl sites for hydroxylation is 1. The molecule has 0 radical (unpaired) electrons. The fourth-order valence-corrected chi connectivity index (χ4v) is 4.19. The van der Waals surface area contributed by atoms with Crippen LogP contribution >= 0.6 is 11.3 Å². The molecular formula is C12H20N2O4S2. The van der Waals surface area contributed by atoms with Crippen LogP contribution in [-0.2, 0) is 10.0 Å². The van der Waals surface area contributed by atoms with E-state index in [1.807, 2.05) is 13.8 Å². The van der Waals surface area contributed by atoms with Gasteiger partial charge in [0.25, 0.3) is 0 Å². The fourth-order valence-electron chi connectivity index (χ4n) is 1.75. The lowest BCUT2D eigenvalue weighted by Crippen LogP contribution is -2.34. The minimum atomic E-state index is -3.63. The predicted octanol–water partition coefficient (Wildman–Crippen LogP) is 1.37. The Bertz CT molecular complexity index is 562. The highest BCUT2D eigenvalue weighted by Crippen LogP contribution is 2.25. The largest absolute Gasteiger partial charge is 0.477 e. The maximum Gasteiger partial charge on any atom is 0.346 e. The van der Waals surface area contributed by atoms with Crippen molar-refractivity contribution in [3.8, 4) is 0 Å². The number of carboxylic acids is 1. The van der Waals surface area contributed by atoms with E-state index in [-0.39, 0.29) is 9.09 Å². The van der Waals surface area contributed by atoms with E-state index in [0.717, 1.165) is 24.4 Å². The molecule has 0 aliphatic heterocycles. The Morgan fingerprint density at radius 2 is 2.00 bits per heavy atom. The molecule has 1 rings (SSSR count). The standard InChI is InChI=1S/C12H20N2O4S2/c1-4-14(5-2)7-6-13-20(17,18)10-8-9(3)11(19-10)12(15)16/h8,13H,4-7H2,1-3H3,(H,15,16). The first-order chi connectivity index (χ1) is 9.31. The Labute approximate surface area is 123 Å². The van der Waals surface area contributed by atoms with Crippen LogP contribution in [0.15, 0.2) is 10.3 Å². The first kappa shape index (κ1) is 17.1. The highest BCUT2D eigenvalue weighted by molar-refractivity contribution is 7.91. The van der Waals surface area contributed by atoms with Gasteiger partial charge in [-0.15, -0.1) is 11.3 Å². The maximum atomic E-state index is 12.1. The molecule has 0 aromatic carbocycles. The lowest BCUT2D eigenvalue weighted by Gasteiger charge is -2.17. The van der Waals surface area contributed by atoms with E-state index in [2.05, 4.69) is 9.62 Å². The Balaban J connectivity index is 2.74. The van der Waals surface area contributed by atoms with E-state index in [9.17, 15) is 13.2 Å². The van der Waals surface area contributed by atoms with Gasteiger partial charge in [-0.1, -0.05) is 13.8 Å². The van der Waals surface area contributed by atoms with Gasteiger partial charge in [-0.3, -0.25) is 0 Å². The van der Waals surface area contributed by atoms with Crippen LogP contribution in [0.25, 0.3) is 0 Å². The first-order valence-electron chi connectivity index (χ1n) is 6.37. The van der Waals surface area contributed by atoms with Gasteiger partial charge in [0.2, 0.25) is 10.0 Å². The smallest absolute Gasteiger partial charge is 0.346 e. The third kappa shape index (κ3) is 4.27. The predicted molar refractivity (Wildman–Crippen MR) is 79.0 cm³/mol. The molecule has 8 heteroatoms. The average molecular weight is 320 g/mol. The zero-order valence-electron chi connectivity index (χ0n) is 11.8.